The van der Waals surface area contributed by atoms with E-state index in [4.69, 9.17) is 14.2 Å². The van der Waals surface area contributed by atoms with Crippen molar-refractivity contribution in [2.45, 2.75) is 44.7 Å². The first-order chi connectivity index (χ1) is 16.1. The number of aliphatic hydroxyl groups is 1. The van der Waals surface area contributed by atoms with Crippen LogP contribution in [0.15, 0.2) is 60.4 Å². The average molecular weight is 452 g/mol. The van der Waals surface area contributed by atoms with Crippen LogP contribution in [0.3, 0.4) is 0 Å². The third kappa shape index (κ3) is 5.61. The van der Waals surface area contributed by atoms with Crippen LogP contribution in [0.5, 0.6) is 0 Å². The first-order valence-electron chi connectivity index (χ1n) is 11.2. The molecule has 0 spiro atoms. The Labute approximate surface area is 193 Å². The SMILES string of the molecule is COC(=O)c1ccc([C@@H]2C=C(C(=O)N3CCCC3)O[C@H](OCc3ccc(CO)cc3)C2)cc1. The Morgan fingerprint density at radius 2 is 1.70 bits per heavy atom. The standard InChI is InChI=1S/C26H29NO6/c1-31-26(30)21-10-8-20(9-11-21)22-14-23(25(29)27-12-2-3-13-27)33-24(15-22)32-17-19-6-4-18(16-28)5-7-19/h4-11,14,22,24,28H,2-3,12-13,15-17H2,1H3/t22-,24+/m1/s1. The first kappa shape index (κ1) is 23.0. The predicted octanol–water partition coefficient (Wildman–Crippen LogP) is 3.52. The van der Waals surface area contributed by atoms with Crippen molar-refractivity contribution in [1.29, 1.82) is 0 Å². The molecule has 7 heteroatoms. The summed E-state index contributed by atoms with van der Waals surface area (Å²) in [7, 11) is 1.35. The van der Waals surface area contributed by atoms with Gasteiger partial charge in [0.15, 0.2) is 5.76 Å². The van der Waals surface area contributed by atoms with E-state index in [1.54, 1.807) is 12.1 Å². The van der Waals surface area contributed by atoms with E-state index in [9.17, 15) is 14.7 Å². The van der Waals surface area contributed by atoms with Crippen molar-refractivity contribution >= 4 is 11.9 Å². The Hall–Kier alpha value is -3.16. The minimum atomic E-state index is -0.584. The molecule has 7 nitrogen and oxygen atoms in total. The zero-order valence-corrected chi connectivity index (χ0v) is 18.7. The maximum Gasteiger partial charge on any atom is 0.337 e. The van der Waals surface area contributed by atoms with E-state index in [0.717, 1.165) is 42.6 Å². The number of carbonyl (C=O) groups is 2. The van der Waals surface area contributed by atoms with E-state index in [0.29, 0.717) is 24.4 Å². The van der Waals surface area contributed by atoms with Gasteiger partial charge in [-0.25, -0.2) is 4.79 Å². The van der Waals surface area contributed by atoms with Gasteiger partial charge in [0, 0.05) is 25.4 Å². The molecule has 1 N–H and O–H groups in total. The third-order valence-corrected chi connectivity index (χ3v) is 6.06. The molecule has 2 aromatic carbocycles. The summed E-state index contributed by atoms with van der Waals surface area (Å²) < 4.78 is 16.8. The largest absolute Gasteiger partial charge is 0.465 e. The van der Waals surface area contributed by atoms with Gasteiger partial charge in [0.1, 0.15) is 0 Å². The minimum absolute atomic E-state index is 0.00388. The smallest absolute Gasteiger partial charge is 0.337 e. The Morgan fingerprint density at radius 1 is 1.03 bits per heavy atom. The molecule has 2 aromatic rings. The predicted molar refractivity (Wildman–Crippen MR) is 121 cm³/mol. The van der Waals surface area contributed by atoms with Crippen LogP contribution in [0.1, 0.15) is 52.2 Å². The van der Waals surface area contributed by atoms with Gasteiger partial charge in [0.2, 0.25) is 6.29 Å². The van der Waals surface area contributed by atoms with Crippen LogP contribution in [0.4, 0.5) is 0 Å². The number of hydrogen-bond acceptors (Lipinski definition) is 6. The Balaban J connectivity index is 1.51. The molecule has 174 valence electrons. The Bertz CT molecular complexity index is 992. The van der Waals surface area contributed by atoms with Crippen LogP contribution in [0, 0.1) is 0 Å². The second kappa shape index (κ2) is 10.6. The van der Waals surface area contributed by atoms with Gasteiger partial charge in [-0.15, -0.1) is 0 Å². The summed E-state index contributed by atoms with van der Waals surface area (Å²) in [6, 6.07) is 14.7. The molecule has 2 aliphatic heterocycles. The lowest BCUT2D eigenvalue weighted by Crippen LogP contribution is -2.34. The second-order valence-electron chi connectivity index (χ2n) is 8.32. The molecule has 0 saturated carbocycles. The number of likely N-dealkylation sites (tertiary alicyclic amines) is 1. The highest BCUT2D eigenvalue weighted by molar-refractivity contribution is 5.92. The van der Waals surface area contributed by atoms with E-state index < -0.39 is 6.29 Å². The molecule has 0 bridgehead atoms. The molecule has 0 aliphatic carbocycles. The van der Waals surface area contributed by atoms with Crippen LogP contribution in [0.25, 0.3) is 0 Å². The van der Waals surface area contributed by atoms with Gasteiger partial charge >= 0.3 is 5.97 Å². The molecule has 1 saturated heterocycles. The normalized spacial score (nSPS) is 20.2. The number of rotatable bonds is 7. The zero-order valence-electron chi connectivity index (χ0n) is 18.7. The molecule has 0 unspecified atom stereocenters. The summed E-state index contributed by atoms with van der Waals surface area (Å²) in [4.78, 5) is 26.6. The lowest BCUT2D eigenvalue weighted by molar-refractivity contribution is -0.155. The summed E-state index contributed by atoms with van der Waals surface area (Å²) in [6.07, 6.45) is 3.83. The lowest BCUT2D eigenvalue weighted by Gasteiger charge is -2.31. The van der Waals surface area contributed by atoms with Crippen molar-refractivity contribution in [3.63, 3.8) is 0 Å². The van der Waals surface area contributed by atoms with Crippen molar-refractivity contribution in [2.75, 3.05) is 20.2 Å². The maximum absolute atomic E-state index is 13.0. The number of nitrogens with zero attached hydrogens (tertiary/aromatic N) is 1. The number of methoxy groups -OCH3 is 1. The molecular formula is C26H29NO6. The van der Waals surface area contributed by atoms with Gasteiger partial charge in [-0.2, -0.15) is 0 Å². The monoisotopic (exact) mass is 451 g/mol. The van der Waals surface area contributed by atoms with Crippen LogP contribution in [-0.2, 0) is 32.2 Å². The summed E-state index contributed by atoms with van der Waals surface area (Å²) in [6.45, 7) is 1.80. The fourth-order valence-electron chi connectivity index (χ4n) is 4.13. The van der Waals surface area contributed by atoms with E-state index in [1.165, 1.54) is 7.11 Å². The third-order valence-electron chi connectivity index (χ3n) is 6.06. The number of aliphatic hydroxyl groups excluding tert-OH is 1. The number of hydrogen-bond donors (Lipinski definition) is 1. The molecule has 0 aromatic heterocycles. The van der Waals surface area contributed by atoms with E-state index in [2.05, 4.69) is 0 Å². The fraction of sp³-hybridized carbons (Fsp3) is 0.385. The number of benzene rings is 2. The molecule has 4 rings (SSSR count). The van der Waals surface area contributed by atoms with Crippen LogP contribution >= 0.6 is 0 Å². The van der Waals surface area contributed by atoms with Gasteiger partial charge in [-0.05, 0) is 47.7 Å². The maximum atomic E-state index is 13.0. The van der Waals surface area contributed by atoms with Crippen LogP contribution in [0.2, 0.25) is 0 Å². The topological polar surface area (TPSA) is 85.3 Å². The highest BCUT2D eigenvalue weighted by atomic mass is 16.7. The lowest BCUT2D eigenvalue weighted by atomic mass is 9.92. The first-order valence-corrected chi connectivity index (χ1v) is 11.2. The number of amides is 1. The van der Waals surface area contributed by atoms with Gasteiger partial charge in [-0.1, -0.05) is 36.4 Å². The van der Waals surface area contributed by atoms with E-state index in [1.807, 2.05) is 47.4 Å². The van der Waals surface area contributed by atoms with E-state index >= 15 is 0 Å². The second-order valence-corrected chi connectivity index (χ2v) is 8.32. The molecule has 1 amide bonds. The van der Waals surface area contributed by atoms with Gasteiger partial charge in [0.05, 0.1) is 25.9 Å². The van der Waals surface area contributed by atoms with Crippen molar-refractivity contribution < 1.29 is 28.9 Å². The summed E-state index contributed by atoms with van der Waals surface area (Å²) in [5, 5.41) is 9.21. The van der Waals surface area contributed by atoms with Crippen molar-refractivity contribution in [2.24, 2.45) is 0 Å². The Kier molecular flexibility index (Phi) is 7.42. The summed E-state index contributed by atoms with van der Waals surface area (Å²) in [5.74, 6) is -0.272. The minimum Gasteiger partial charge on any atom is -0.465 e. The van der Waals surface area contributed by atoms with E-state index in [-0.39, 0.29) is 24.4 Å². The Morgan fingerprint density at radius 3 is 2.33 bits per heavy atom. The van der Waals surface area contributed by atoms with Gasteiger partial charge in [-0.3, -0.25) is 4.79 Å². The summed E-state index contributed by atoms with van der Waals surface area (Å²) >= 11 is 0. The van der Waals surface area contributed by atoms with Gasteiger partial charge in [0.25, 0.3) is 5.91 Å². The molecule has 1 fully saturated rings. The number of carbonyl (C=O) groups excluding carboxylic acids is 2. The van der Waals surface area contributed by atoms with Crippen molar-refractivity contribution in [3.8, 4) is 0 Å². The number of esters is 1. The average Bonchev–Trinajstić information content (AvgIpc) is 3.42. The van der Waals surface area contributed by atoms with Gasteiger partial charge < -0.3 is 24.2 Å². The molecule has 2 heterocycles. The fourth-order valence-corrected chi connectivity index (χ4v) is 4.13. The number of ether oxygens (including phenoxy) is 3. The molecule has 0 radical (unpaired) electrons. The van der Waals surface area contributed by atoms with Crippen molar-refractivity contribution in [1.82, 2.24) is 4.90 Å². The highest BCUT2D eigenvalue weighted by Crippen LogP contribution is 2.33. The molecule has 33 heavy (non-hydrogen) atoms. The summed E-state index contributed by atoms with van der Waals surface area (Å²) in [5.41, 5.74) is 3.24. The highest BCUT2D eigenvalue weighted by Gasteiger charge is 2.32. The van der Waals surface area contributed by atoms with Crippen molar-refractivity contribution in [3.05, 3.63) is 82.6 Å². The quantitative estimate of drug-likeness (QED) is 0.649. The number of allylic oxidation sites excluding steroid dienone is 1. The zero-order chi connectivity index (χ0) is 23.2. The molecular weight excluding hydrogens is 422 g/mol. The van der Waals surface area contributed by atoms with Crippen LogP contribution in [-0.4, -0.2) is 48.4 Å². The molecule has 2 aliphatic rings. The van der Waals surface area contributed by atoms with Crippen LogP contribution < -0.4 is 0 Å². The molecule has 2 atom stereocenters.